The predicted molar refractivity (Wildman–Crippen MR) is 104 cm³/mol. The second-order valence-corrected chi connectivity index (χ2v) is 7.21. The molecule has 3 heterocycles. The largest absolute Gasteiger partial charge is 0.485 e. The Kier molecular flexibility index (Phi) is 6.01. The highest BCUT2D eigenvalue weighted by molar-refractivity contribution is 5.97. The van der Waals surface area contributed by atoms with E-state index < -0.39 is 11.6 Å². The second-order valence-electron chi connectivity index (χ2n) is 7.21. The van der Waals surface area contributed by atoms with Gasteiger partial charge < -0.3 is 14.2 Å². The van der Waals surface area contributed by atoms with Crippen LogP contribution in [0.15, 0.2) is 53.2 Å². The van der Waals surface area contributed by atoms with Crippen molar-refractivity contribution < 1.29 is 27.6 Å². The van der Waals surface area contributed by atoms with Gasteiger partial charge in [-0.15, -0.1) is 0 Å². The molecule has 2 aromatic heterocycles. The number of ketones is 1. The van der Waals surface area contributed by atoms with Crippen molar-refractivity contribution in [2.75, 3.05) is 13.1 Å². The van der Waals surface area contributed by atoms with Crippen LogP contribution in [0.4, 0.5) is 8.78 Å². The normalized spacial score (nSPS) is 16.2. The Hall–Kier alpha value is -3.62. The van der Waals surface area contributed by atoms with Crippen molar-refractivity contribution in [3.63, 3.8) is 0 Å². The van der Waals surface area contributed by atoms with Crippen LogP contribution >= 0.6 is 0 Å². The fraction of sp³-hybridized carbons (Fsp3) is 0.273. The van der Waals surface area contributed by atoms with Crippen LogP contribution in [0.25, 0.3) is 0 Å². The summed E-state index contributed by atoms with van der Waals surface area (Å²) >= 11 is 0. The van der Waals surface area contributed by atoms with Crippen LogP contribution in [0.2, 0.25) is 0 Å². The van der Waals surface area contributed by atoms with E-state index in [1.54, 1.807) is 29.3 Å². The van der Waals surface area contributed by atoms with Crippen LogP contribution in [-0.4, -0.2) is 39.8 Å². The molecule has 1 atom stereocenters. The molecule has 1 saturated heterocycles. The second kappa shape index (κ2) is 9.03. The van der Waals surface area contributed by atoms with Crippen molar-refractivity contribution >= 4 is 11.7 Å². The van der Waals surface area contributed by atoms with Gasteiger partial charge in [0.25, 0.3) is 5.91 Å². The Balaban J connectivity index is 1.37. The summed E-state index contributed by atoms with van der Waals surface area (Å²) in [6.45, 7) is 0.687. The van der Waals surface area contributed by atoms with E-state index in [0.717, 1.165) is 12.1 Å². The molecule has 160 valence electrons. The van der Waals surface area contributed by atoms with E-state index in [0.29, 0.717) is 25.1 Å². The third kappa shape index (κ3) is 4.76. The van der Waals surface area contributed by atoms with Gasteiger partial charge in [0.15, 0.2) is 28.9 Å². The Morgan fingerprint density at radius 3 is 2.77 bits per heavy atom. The van der Waals surface area contributed by atoms with Crippen LogP contribution < -0.4 is 4.74 Å². The molecule has 0 unspecified atom stereocenters. The number of hydrogen-bond donors (Lipinski definition) is 0. The summed E-state index contributed by atoms with van der Waals surface area (Å²) in [6, 6.07) is 9.76. The molecule has 4 rings (SSSR count). The lowest BCUT2D eigenvalue weighted by molar-refractivity contribution is 0.0627. The van der Waals surface area contributed by atoms with Crippen molar-refractivity contribution in [1.29, 1.82) is 0 Å². The highest BCUT2D eigenvalue weighted by atomic mass is 19.2. The maximum atomic E-state index is 13.2. The highest BCUT2D eigenvalue weighted by Crippen LogP contribution is 2.22. The number of hydrogen-bond acceptors (Lipinski definition) is 6. The molecule has 1 aliphatic rings. The molecule has 0 N–H and O–H groups in total. The molecular formula is C22H19F2N3O4. The number of rotatable bonds is 6. The zero-order valence-corrected chi connectivity index (χ0v) is 16.5. The third-order valence-corrected chi connectivity index (χ3v) is 5.05. The first kappa shape index (κ1) is 20.6. The van der Waals surface area contributed by atoms with Crippen molar-refractivity contribution in [3.8, 4) is 5.75 Å². The summed E-state index contributed by atoms with van der Waals surface area (Å²) in [6.07, 6.45) is 2.95. The van der Waals surface area contributed by atoms with Gasteiger partial charge in [-0.05, 0) is 37.1 Å². The maximum absolute atomic E-state index is 13.2. The maximum Gasteiger partial charge on any atom is 0.276 e. The standard InChI is InChI=1S/C22H19F2N3O4/c23-17-7-6-15(10-18(17)24)30-13-16-11-20(26-31-16)22(29)27-9-3-4-14(12-27)21(28)19-5-1-2-8-25-19/h1-2,5-8,10-11,14H,3-4,9,12-13H2/t14-/m1/s1. The Morgan fingerprint density at radius 2 is 2.00 bits per heavy atom. The van der Waals surface area contributed by atoms with Crippen LogP contribution in [0, 0.1) is 17.6 Å². The van der Waals surface area contributed by atoms with Crippen molar-refractivity contribution in [3.05, 3.63) is 77.4 Å². The smallest absolute Gasteiger partial charge is 0.276 e. The SMILES string of the molecule is O=C(c1ccccn1)[C@@H]1CCCN(C(=O)c2cc(COc3ccc(F)c(F)c3)on2)C1. The summed E-state index contributed by atoms with van der Waals surface area (Å²) in [4.78, 5) is 31.2. The molecule has 1 fully saturated rings. The van der Waals surface area contributed by atoms with Crippen molar-refractivity contribution in [2.24, 2.45) is 5.92 Å². The number of carbonyl (C=O) groups is 2. The van der Waals surface area contributed by atoms with Crippen LogP contribution in [0.5, 0.6) is 5.75 Å². The lowest BCUT2D eigenvalue weighted by Crippen LogP contribution is -2.42. The van der Waals surface area contributed by atoms with Gasteiger partial charge >= 0.3 is 0 Å². The molecule has 0 spiro atoms. The Bertz CT molecular complexity index is 1090. The first-order valence-electron chi connectivity index (χ1n) is 9.79. The van der Waals surface area contributed by atoms with E-state index in [4.69, 9.17) is 9.26 Å². The topological polar surface area (TPSA) is 85.5 Å². The fourth-order valence-electron chi connectivity index (χ4n) is 3.46. The molecule has 0 radical (unpaired) electrons. The summed E-state index contributed by atoms with van der Waals surface area (Å²) < 4.78 is 36.7. The van der Waals surface area contributed by atoms with Gasteiger partial charge in [-0.1, -0.05) is 11.2 Å². The van der Waals surface area contributed by atoms with Gasteiger partial charge in [0, 0.05) is 37.3 Å². The number of ether oxygens (including phenoxy) is 1. The molecule has 9 heteroatoms. The molecule has 3 aromatic rings. The quantitative estimate of drug-likeness (QED) is 0.558. The molecule has 1 amide bonds. The fourth-order valence-corrected chi connectivity index (χ4v) is 3.46. The van der Waals surface area contributed by atoms with Crippen molar-refractivity contribution in [2.45, 2.75) is 19.4 Å². The Labute approximate surface area is 176 Å². The van der Waals surface area contributed by atoms with E-state index in [-0.39, 0.29) is 48.0 Å². The number of Topliss-reactive ketones (excluding diaryl/α,β-unsaturated/α-hetero) is 1. The molecule has 1 aliphatic heterocycles. The van der Waals surface area contributed by atoms with Crippen LogP contribution in [0.1, 0.15) is 39.6 Å². The average Bonchev–Trinajstić information content (AvgIpc) is 3.28. The summed E-state index contributed by atoms with van der Waals surface area (Å²) in [5.41, 5.74) is 0.481. The zero-order chi connectivity index (χ0) is 21.8. The Morgan fingerprint density at radius 1 is 1.13 bits per heavy atom. The van der Waals surface area contributed by atoms with Gasteiger partial charge in [0.2, 0.25) is 0 Å². The highest BCUT2D eigenvalue weighted by Gasteiger charge is 2.31. The van der Waals surface area contributed by atoms with E-state index in [2.05, 4.69) is 10.1 Å². The molecule has 0 saturated carbocycles. The minimum Gasteiger partial charge on any atom is -0.485 e. The van der Waals surface area contributed by atoms with E-state index in [1.165, 1.54) is 12.1 Å². The van der Waals surface area contributed by atoms with Crippen LogP contribution in [-0.2, 0) is 6.61 Å². The van der Waals surface area contributed by atoms with Gasteiger partial charge in [-0.2, -0.15) is 0 Å². The molecule has 31 heavy (non-hydrogen) atoms. The molecule has 1 aromatic carbocycles. The van der Waals surface area contributed by atoms with E-state index in [1.807, 2.05) is 0 Å². The number of pyridine rings is 1. The summed E-state index contributed by atoms with van der Waals surface area (Å²) in [5.74, 6) is -2.37. The van der Waals surface area contributed by atoms with Crippen molar-refractivity contribution in [1.82, 2.24) is 15.0 Å². The third-order valence-electron chi connectivity index (χ3n) is 5.05. The minimum absolute atomic E-state index is 0.0844. The number of amides is 1. The first-order chi connectivity index (χ1) is 15.0. The minimum atomic E-state index is -1.02. The summed E-state index contributed by atoms with van der Waals surface area (Å²) in [5, 5.41) is 3.79. The summed E-state index contributed by atoms with van der Waals surface area (Å²) in [7, 11) is 0. The van der Waals surface area contributed by atoms with E-state index >= 15 is 0 Å². The molecule has 0 aliphatic carbocycles. The van der Waals surface area contributed by atoms with Crippen LogP contribution in [0.3, 0.4) is 0 Å². The van der Waals surface area contributed by atoms with E-state index in [9.17, 15) is 18.4 Å². The van der Waals surface area contributed by atoms with Gasteiger partial charge in [-0.25, -0.2) is 8.78 Å². The lowest BCUT2D eigenvalue weighted by atomic mass is 9.91. The van der Waals surface area contributed by atoms with Gasteiger partial charge in [0.1, 0.15) is 18.1 Å². The number of aromatic nitrogens is 2. The number of nitrogens with zero attached hydrogens (tertiary/aromatic N) is 3. The lowest BCUT2D eigenvalue weighted by Gasteiger charge is -2.31. The number of likely N-dealkylation sites (tertiary alicyclic amines) is 1. The molecule has 7 nitrogen and oxygen atoms in total. The zero-order valence-electron chi connectivity index (χ0n) is 16.5. The first-order valence-corrected chi connectivity index (χ1v) is 9.79. The van der Waals surface area contributed by atoms with Gasteiger partial charge in [-0.3, -0.25) is 14.6 Å². The van der Waals surface area contributed by atoms with Gasteiger partial charge in [0.05, 0.1) is 0 Å². The monoisotopic (exact) mass is 427 g/mol. The molecular weight excluding hydrogens is 408 g/mol. The predicted octanol–water partition coefficient (Wildman–Crippen LogP) is 3.66. The average molecular weight is 427 g/mol. The number of piperidine rings is 1. The molecule has 0 bridgehead atoms. The number of halogens is 2. The number of benzene rings is 1. The number of carbonyl (C=O) groups excluding carboxylic acids is 2.